The number of aliphatic carboxylic acids is 1. The number of hydrogen-bond donors (Lipinski definition) is 7. The molecule has 0 saturated heterocycles. The minimum Gasteiger partial charge on any atom is -0.508 e. The summed E-state index contributed by atoms with van der Waals surface area (Å²) in [6, 6.07) is 9.93. The summed E-state index contributed by atoms with van der Waals surface area (Å²) < 4.78 is 0. The highest BCUT2D eigenvalue weighted by atomic mass is 16.4. The molecule has 2 rings (SSSR count). The Balaban J connectivity index is 2.29. The Labute approximate surface area is 232 Å². The highest BCUT2D eigenvalue weighted by Crippen LogP contribution is 2.13. The van der Waals surface area contributed by atoms with Gasteiger partial charge in [-0.25, -0.2) is 4.79 Å². The molecular weight excluding hydrogens is 518 g/mol. The van der Waals surface area contributed by atoms with Crippen molar-refractivity contribution in [3.05, 3.63) is 65.7 Å². The number of amides is 4. The molecule has 0 saturated carbocycles. The standard InChI is InChI=1S/C28H37N5O7/c1-16(2)24(30)27(38)31-20(12-13-23(29)35)25(36)32-21(14-18-8-10-19(34)11-9-18)26(37)33-22(28(39)40)15-17-6-4-3-5-7-17/h3-11,16,20-22,24,34H,12-15,30H2,1-2H3,(H2,29,35)(H,31,38)(H,32,36)(H,33,37)(H,39,40). The second-order valence-electron chi connectivity index (χ2n) is 9.86. The number of benzene rings is 2. The quantitative estimate of drug-likeness (QED) is 0.158. The number of carbonyl (C=O) groups excluding carboxylic acids is 4. The van der Waals surface area contributed by atoms with Crippen LogP contribution in [-0.4, -0.2) is 64.0 Å². The predicted octanol–water partition coefficient (Wildman–Crippen LogP) is -0.0348. The molecule has 12 nitrogen and oxygen atoms in total. The summed E-state index contributed by atoms with van der Waals surface area (Å²) in [5.41, 5.74) is 12.4. The molecule has 0 fully saturated rings. The Kier molecular flexibility index (Phi) is 12.1. The normalized spacial score (nSPS) is 13.9. The third-order valence-corrected chi connectivity index (χ3v) is 6.24. The summed E-state index contributed by atoms with van der Waals surface area (Å²) in [6.07, 6.45) is -0.414. The Morgan fingerprint density at radius 2 is 1.25 bits per heavy atom. The Morgan fingerprint density at radius 3 is 1.80 bits per heavy atom. The lowest BCUT2D eigenvalue weighted by atomic mass is 10.0. The second kappa shape index (κ2) is 15.2. The highest BCUT2D eigenvalue weighted by Gasteiger charge is 2.31. The lowest BCUT2D eigenvalue weighted by Gasteiger charge is -2.26. The van der Waals surface area contributed by atoms with Crippen molar-refractivity contribution in [2.45, 2.75) is 63.7 Å². The Hall–Kier alpha value is -4.45. The van der Waals surface area contributed by atoms with Crippen LogP contribution in [0.2, 0.25) is 0 Å². The topological polar surface area (TPSA) is 214 Å². The van der Waals surface area contributed by atoms with Crippen molar-refractivity contribution in [1.29, 1.82) is 0 Å². The monoisotopic (exact) mass is 555 g/mol. The van der Waals surface area contributed by atoms with Gasteiger partial charge in [0.05, 0.1) is 6.04 Å². The molecule has 2 aromatic carbocycles. The molecule has 4 unspecified atom stereocenters. The van der Waals surface area contributed by atoms with Crippen LogP contribution in [0.1, 0.15) is 37.8 Å². The van der Waals surface area contributed by atoms with E-state index in [1.165, 1.54) is 12.1 Å². The summed E-state index contributed by atoms with van der Waals surface area (Å²) in [5, 5.41) is 26.9. The molecule has 4 amide bonds. The zero-order valence-corrected chi connectivity index (χ0v) is 22.5. The number of rotatable bonds is 15. The third kappa shape index (κ3) is 10.4. The number of hydrogen-bond acceptors (Lipinski definition) is 7. The Morgan fingerprint density at radius 1 is 0.750 bits per heavy atom. The minimum absolute atomic E-state index is 0.00157. The molecular formula is C28H37N5O7. The molecule has 0 aliphatic carbocycles. The van der Waals surface area contributed by atoms with E-state index in [-0.39, 0.29) is 37.4 Å². The van der Waals surface area contributed by atoms with Crippen LogP contribution in [0, 0.1) is 5.92 Å². The van der Waals surface area contributed by atoms with Crippen molar-refractivity contribution in [2.24, 2.45) is 17.4 Å². The van der Waals surface area contributed by atoms with E-state index in [0.29, 0.717) is 11.1 Å². The van der Waals surface area contributed by atoms with Gasteiger partial charge < -0.3 is 37.6 Å². The SMILES string of the molecule is CC(C)C(N)C(=O)NC(CCC(N)=O)C(=O)NC(Cc1ccc(O)cc1)C(=O)NC(Cc1ccccc1)C(=O)O. The smallest absolute Gasteiger partial charge is 0.326 e. The van der Waals surface area contributed by atoms with Gasteiger partial charge in [-0.2, -0.15) is 0 Å². The van der Waals surface area contributed by atoms with E-state index in [1.807, 2.05) is 0 Å². The van der Waals surface area contributed by atoms with Crippen molar-refractivity contribution in [1.82, 2.24) is 16.0 Å². The van der Waals surface area contributed by atoms with Crippen LogP contribution in [0.5, 0.6) is 5.75 Å². The summed E-state index contributed by atoms with van der Waals surface area (Å²) in [4.78, 5) is 62.6. The fourth-order valence-electron chi connectivity index (χ4n) is 3.80. The summed E-state index contributed by atoms with van der Waals surface area (Å²) >= 11 is 0. The van der Waals surface area contributed by atoms with Crippen LogP contribution in [-0.2, 0) is 36.8 Å². The molecule has 0 aromatic heterocycles. The van der Waals surface area contributed by atoms with Gasteiger partial charge in [-0.3, -0.25) is 19.2 Å². The number of phenolic OH excluding ortho intramolecular Hbond substituents is 1. The molecule has 0 spiro atoms. The molecule has 0 aliphatic heterocycles. The van der Waals surface area contributed by atoms with Crippen molar-refractivity contribution in [3.8, 4) is 5.75 Å². The van der Waals surface area contributed by atoms with Gasteiger partial charge in [-0.05, 0) is 35.6 Å². The van der Waals surface area contributed by atoms with Crippen LogP contribution in [0.4, 0.5) is 0 Å². The van der Waals surface area contributed by atoms with E-state index in [4.69, 9.17) is 11.5 Å². The molecule has 4 atom stereocenters. The molecule has 216 valence electrons. The van der Waals surface area contributed by atoms with Crippen molar-refractivity contribution >= 4 is 29.6 Å². The minimum atomic E-state index is -1.29. The molecule has 0 bridgehead atoms. The third-order valence-electron chi connectivity index (χ3n) is 6.24. The first-order valence-corrected chi connectivity index (χ1v) is 12.9. The molecule has 0 aliphatic rings. The maximum atomic E-state index is 13.3. The van der Waals surface area contributed by atoms with Crippen LogP contribution in [0.15, 0.2) is 54.6 Å². The largest absolute Gasteiger partial charge is 0.508 e. The number of phenols is 1. The average molecular weight is 556 g/mol. The van der Waals surface area contributed by atoms with Crippen molar-refractivity contribution < 1.29 is 34.2 Å². The molecule has 12 heteroatoms. The van der Waals surface area contributed by atoms with E-state index in [2.05, 4.69) is 16.0 Å². The molecule has 0 radical (unpaired) electrons. The first-order valence-electron chi connectivity index (χ1n) is 12.9. The van der Waals surface area contributed by atoms with Gasteiger partial charge in [0, 0.05) is 19.3 Å². The molecule has 2 aromatic rings. The van der Waals surface area contributed by atoms with Crippen molar-refractivity contribution in [2.75, 3.05) is 0 Å². The van der Waals surface area contributed by atoms with Gasteiger partial charge in [0.2, 0.25) is 23.6 Å². The van der Waals surface area contributed by atoms with E-state index >= 15 is 0 Å². The van der Waals surface area contributed by atoms with Gasteiger partial charge in [0.25, 0.3) is 0 Å². The fraction of sp³-hybridized carbons (Fsp3) is 0.393. The average Bonchev–Trinajstić information content (AvgIpc) is 2.91. The fourth-order valence-corrected chi connectivity index (χ4v) is 3.80. The zero-order chi connectivity index (χ0) is 29.8. The maximum absolute atomic E-state index is 13.3. The molecule has 9 N–H and O–H groups in total. The summed E-state index contributed by atoms with van der Waals surface area (Å²) in [5.74, 6) is -4.36. The van der Waals surface area contributed by atoms with Gasteiger partial charge in [0.15, 0.2) is 0 Å². The number of carboxylic acid groups (broad SMARTS) is 1. The number of carbonyl (C=O) groups is 5. The van der Waals surface area contributed by atoms with E-state index in [1.54, 1.807) is 56.3 Å². The Bertz CT molecular complexity index is 1170. The predicted molar refractivity (Wildman–Crippen MR) is 147 cm³/mol. The zero-order valence-electron chi connectivity index (χ0n) is 22.5. The van der Waals surface area contributed by atoms with Crippen LogP contribution in [0.3, 0.4) is 0 Å². The lowest BCUT2D eigenvalue weighted by molar-refractivity contribution is -0.142. The van der Waals surface area contributed by atoms with Crippen LogP contribution >= 0.6 is 0 Å². The first-order chi connectivity index (χ1) is 18.9. The number of carboxylic acids is 1. The number of aromatic hydroxyl groups is 1. The van der Waals surface area contributed by atoms with E-state index < -0.39 is 53.8 Å². The van der Waals surface area contributed by atoms with Gasteiger partial charge in [-0.15, -0.1) is 0 Å². The number of nitrogens with two attached hydrogens (primary N) is 2. The van der Waals surface area contributed by atoms with E-state index in [9.17, 15) is 34.2 Å². The molecule has 0 heterocycles. The number of nitrogens with one attached hydrogen (secondary N) is 3. The van der Waals surface area contributed by atoms with Crippen LogP contribution in [0.25, 0.3) is 0 Å². The summed E-state index contributed by atoms with van der Waals surface area (Å²) in [7, 11) is 0. The van der Waals surface area contributed by atoms with Crippen LogP contribution < -0.4 is 27.4 Å². The summed E-state index contributed by atoms with van der Waals surface area (Å²) in [6.45, 7) is 3.46. The van der Waals surface area contributed by atoms with Gasteiger partial charge in [-0.1, -0.05) is 56.3 Å². The molecule has 40 heavy (non-hydrogen) atoms. The maximum Gasteiger partial charge on any atom is 0.326 e. The highest BCUT2D eigenvalue weighted by molar-refractivity contribution is 5.94. The first kappa shape index (κ1) is 31.8. The van der Waals surface area contributed by atoms with Gasteiger partial charge >= 0.3 is 5.97 Å². The van der Waals surface area contributed by atoms with E-state index in [0.717, 1.165) is 0 Å². The van der Waals surface area contributed by atoms with Gasteiger partial charge in [0.1, 0.15) is 23.9 Å². The van der Waals surface area contributed by atoms with Crippen molar-refractivity contribution in [3.63, 3.8) is 0 Å². The lowest BCUT2D eigenvalue weighted by Crippen LogP contribution is -2.58. The number of primary amides is 1. The second-order valence-corrected chi connectivity index (χ2v) is 9.86.